The lowest BCUT2D eigenvalue weighted by atomic mass is 10.3. The van der Waals surface area contributed by atoms with Crippen LogP contribution in [0.25, 0.3) is 5.69 Å². The molecular weight excluding hydrogens is 373 g/mol. The third kappa shape index (κ3) is 3.90. The van der Waals surface area contributed by atoms with Crippen molar-refractivity contribution in [3.05, 3.63) is 66.0 Å². The smallest absolute Gasteiger partial charge is 0.271 e. The van der Waals surface area contributed by atoms with Gasteiger partial charge in [-0.2, -0.15) is 5.10 Å². The van der Waals surface area contributed by atoms with Crippen molar-refractivity contribution in [3.8, 4) is 5.69 Å². The van der Waals surface area contributed by atoms with Crippen molar-refractivity contribution in [2.45, 2.75) is 0 Å². The van der Waals surface area contributed by atoms with Gasteiger partial charge in [0.15, 0.2) is 17.3 Å². The molecule has 3 aromatic rings. The minimum atomic E-state index is -2.39. The molecule has 0 aliphatic heterocycles. The molecule has 140 valence electrons. The van der Waals surface area contributed by atoms with Crippen LogP contribution in [0.5, 0.6) is 0 Å². The van der Waals surface area contributed by atoms with Gasteiger partial charge in [-0.3, -0.25) is 4.79 Å². The van der Waals surface area contributed by atoms with E-state index in [1.54, 1.807) is 37.6 Å². The van der Waals surface area contributed by atoms with Crippen LogP contribution in [-0.2, 0) is 4.57 Å². The third-order valence-electron chi connectivity index (χ3n) is 3.88. The number of amides is 1. The van der Waals surface area contributed by atoms with Gasteiger partial charge in [0, 0.05) is 11.0 Å². The maximum Gasteiger partial charge on any atom is 0.271 e. The zero-order valence-corrected chi connectivity index (χ0v) is 15.5. The predicted octanol–water partition coefficient (Wildman–Crippen LogP) is 3.24. The maximum atomic E-state index is 14.0. The van der Waals surface area contributed by atoms with Crippen LogP contribution in [-0.4, -0.2) is 29.0 Å². The first-order valence-electron chi connectivity index (χ1n) is 7.93. The highest BCUT2D eigenvalue weighted by atomic mass is 31.2. The zero-order valence-electron chi connectivity index (χ0n) is 14.6. The van der Waals surface area contributed by atoms with Gasteiger partial charge in [-0.15, -0.1) is 0 Å². The van der Waals surface area contributed by atoms with E-state index in [0.717, 1.165) is 16.8 Å². The summed E-state index contributed by atoms with van der Waals surface area (Å²) in [6.07, 6.45) is 1.28. The Morgan fingerprint density at radius 1 is 1.11 bits per heavy atom. The highest BCUT2D eigenvalue weighted by Crippen LogP contribution is 2.35. The number of nitrogens with two attached hydrogens (primary N) is 1. The van der Waals surface area contributed by atoms with Crippen LogP contribution < -0.4 is 16.4 Å². The van der Waals surface area contributed by atoms with Crippen LogP contribution in [0.4, 0.5) is 20.2 Å². The number of rotatable bonds is 5. The lowest BCUT2D eigenvalue weighted by Crippen LogP contribution is -2.14. The first kappa shape index (κ1) is 18.8. The van der Waals surface area contributed by atoms with E-state index in [2.05, 4.69) is 10.4 Å². The summed E-state index contributed by atoms with van der Waals surface area (Å²) in [7, 11) is -2.39. The molecule has 0 bridgehead atoms. The number of hydrogen-bond acceptors (Lipinski definition) is 4. The van der Waals surface area contributed by atoms with E-state index in [-0.39, 0.29) is 11.4 Å². The molecule has 0 aliphatic carbocycles. The number of benzene rings is 2. The first-order chi connectivity index (χ1) is 12.7. The summed E-state index contributed by atoms with van der Waals surface area (Å²) >= 11 is 0. The Hall–Kier alpha value is -2.99. The van der Waals surface area contributed by atoms with E-state index in [4.69, 9.17) is 5.73 Å². The molecule has 0 unspecified atom stereocenters. The summed E-state index contributed by atoms with van der Waals surface area (Å²) in [6, 6.07) is 10.2. The standard InChI is InChI=1S/C18H17F2N4O2P/c1-27(2,26)12-8-6-11(7-9-12)22-15-10-24(23-16(15)18(21)25)17-13(19)4-3-5-14(17)20/h3-10,22H,1-2H3,(H2,21,25). The van der Waals surface area contributed by atoms with Crippen LogP contribution in [0.15, 0.2) is 48.7 Å². The lowest BCUT2D eigenvalue weighted by Gasteiger charge is -2.09. The number of carbonyl (C=O) groups excluding carboxylic acids is 1. The van der Waals surface area contributed by atoms with Gasteiger partial charge in [0.25, 0.3) is 5.91 Å². The van der Waals surface area contributed by atoms with Gasteiger partial charge in [0.1, 0.15) is 12.8 Å². The molecule has 1 aromatic heterocycles. The molecule has 0 aliphatic rings. The van der Waals surface area contributed by atoms with Crippen molar-refractivity contribution in [1.29, 1.82) is 0 Å². The van der Waals surface area contributed by atoms with Crippen LogP contribution >= 0.6 is 7.14 Å². The summed E-state index contributed by atoms with van der Waals surface area (Å²) in [4.78, 5) is 11.7. The monoisotopic (exact) mass is 390 g/mol. The Labute approximate surface area is 154 Å². The summed E-state index contributed by atoms with van der Waals surface area (Å²) in [5.74, 6) is -2.51. The van der Waals surface area contributed by atoms with Crippen LogP contribution in [0, 0.1) is 11.6 Å². The van der Waals surface area contributed by atoms with Gasteiger partial charge in [-0.1, -0.05) is 6.07 Å². The summed E-state index contributed by atoms with van der Waals surface area (Å²) < 4.78 is 41.0. The maximum absolute atomic E-state index is 14.0. The molecule has 27 heavy (non-hydrogen) atoms. The quantitative estimate of drug-likeness (QED) is 0.655. The van der Waals surface area contributed by atoms with Gasteiger partial charge < -0.3 is 15.6 Å². The average Bonchev–Trinajstić information content (AvgIpc) is 2.98. The summed E-state index contributed by atoms with van der Waals surface area (Å²) in [5, 5.41) is 7.55. The molecule has 0 spiro atoms. The Morgan fingerprint density at radius 2 is 1.70 bits per heavy atom. The third-order valence-corrected chi connectivity index (χ3v) is 5.42. The fourth-order valence-electron chi connectivity index (χ4n) is 2.53. The Balaban J connectivity index is 2.00. The second-order valence-electron chi connectivity index (χ2n) is 6.29. The molecule has 3 rings (SSSR count). The van der Waals surface area contributed by atoms with Crippen molar-refractivity contribution in [2.24, 2.45) is 5.73 Å². The van der Waals surface area contributed by atoms with Crippen molar-refractivity contribution in [1.82, 2.24) is 9.78 Å². The molecule has 2 aromatic carbocycles. The largest absolute Gasteiger partial charge is 0.364 e. The topological polar surface area (TPSA) is 90.0 Å². The minimum absolute atomic E-state index is 0.168. The van der Waals surface area contributed by atoms with Gasteiger partial charge in [-0.25, -0.2) is 13.5 Å². The number of anilines is 2. The van der Waals surface area contributed by atoms with Gasteiger partial charge >= 0.3 is 0 Å². The SMILES string of the molecule is CP(C)(=O)c1ccc(Nc2cn(-c3c(F)cccc3F)nc2C(N)=O)cc1. The molecule has 0 radical (unpaired) electrons. The second-order valence-corrected chi connectivity index (χ2v) is 9.51. The number of carbonyl (C=O) groups is 1. The summed E-state index contributed by atoms with van der Waals surface area (Å²) in [6.45, 7) is 3.32. The molecular formula is C18H17F2N4O2P. The van der Waals surface area contributed by atoms with E-state index in [1.165, 1.54) is 12.3 Å². The number of primary amides is 1. The molecule has 1 heterocycles. The molecule has 3 N–H and O–H groups in total. The number of para-hydroxylation sites is 1. The van der Waals surface area contributed by atoms with Crippen molar-refractivity contribution in [2.75, 3.05) is 18.6 Å². The van der Waals surface area contributed by atoms with Crippen LogP contribution in [0.2, 0.25) is 0 Å². The van der Waals surface area contributed by atoms with E-state index >= 15 is 0 Å². The van der Waals surface area contributed by atoms with Crippen LogP contribution in [0.1, 0.15) is 10.5 Å². The Bertz CT molecular complexity index is 1040. The first-order valence-corrected chi connectivity index (χ1v) is 10.5. The van der Waals surface area contributed by atoms with E-state index in [0.29, 0.717) is 11.0 Å². The highest BCUT2D eigenvalue weighted by molar-refractivity contribution is 7.70. The van der Waals surface area contributed by atoms with E-state index in [9.17, 15) is 18.1 Å². The van der Waals surface area contributed by atoms with Crippen molar-refractivity contribution < 1.29 is 18.1 Å². The fraction of sp³-hybridized carbons (Fsp3) is 0.111. The highest BCUT2D eigenvalue weighted by Gasteiger charge is 2.19. The summed E-state index contributed by atoms with van der Waals surface area (Å²) in [5.41, 5.74) is 5.52. The number of nitrogens with zero attached hydrogens (tertiary/aromatic N) is 2. The fourth-order valence-corrected chi connectivity index (χ4v) is 3.40. The van der Waals surface area contributed by atoms with E-state index in [1.807, 2.05) is 0 Å². The Kier molecular flexibility index (Phi) is 4.85. The number of hydrogen-bond donors (Lipinski definition) is 2. The molecule has 0 atom stereocenters. The average molecular weight is 390 g/mol. The molecule has 9 heteroatoms. The van der Waals surface area contributed by atoms with Crippen molar-refractivity contribution >= 4 is 29.7 Å². The van der Waals surface area contributed by atoms with Crippen molar-refractivity contribution in [3.63, 3.8) is 0 Å². The molecule has 6 nitrogen and oxygen atoms in total. The number of nitrogens with one attached hydrogen (secondary N) is 1. The van der Waals surface area contributed by atoms with Gasteiger partial charge in [0.2, 0.25) is 0 Å². The normalized spacial score (nSPS) is 11.4. The number of aromatic nitrogens is 2. The second kappa shape index (κ2) is 6.96. The minimum Gasteiger partial charge on any atom is -0.364 e. The Morgan fingerprint density at radius 3 is 2.22 bits per heavy atom. The van der Waals surface area contributed by atoms with Gasteiger partial charge in [0.05, 0.1) is 11.9 Å². The van der Waals surface area contributed by atoms with Crippen LogP contribution in [0.3, 0.4) is 0 Å². The number of halogens is 2. The van der Waals surface area contributed by atoms with Gasteiger partial charge in [-0.05, 0) is 49.7 Å². The predicted molar refractivity (Wildman–Crippen MR) is 101 cm³/mol. The molecule has 1 amide bonds. The van der Waals surface area contributed by atoms with E-state index < -0.39 is 30.4 Å². The molecule has 0 fully saturated rings. The molecule has 0 saturated carbocycles. The molecule has 0 saturated heterocycles. The zero-order chi connectivity index (χ0) is 19.8. The lowest BCUT2D eigenvalue weighted by molar-refractivity contribution is 0.0996.